The van der Waals surface area contributed by atoms with Crippen molar-refractivity contribution in [3.63, 3.8) is 0 Å². The Morgan fingerprint density at radius 3 is 3.12 bits per heavy atom. The molecule has 1 aromatic carbocycles. The molecule has 0 radical (unpaired) electrons. The van der Waals surface area contributed by atoms with Crippen LogP contribution in [0.1, 0.15) is 30.1 Å². The van der Waals surface area contributed by atoms with Crippen LogP contribution in [0, 0.1) is 5.92 Å². The fraction of sp³-hybridized carbons (Fsp3) is 0.444. The van der Waals surface area contributed by atoms with Crippen molar-refractivity contribution in [1.29, 1.82) is 0 Å². The molecule has 5 nitrogen and oxygen atoms in total. The van der Waals surface area contributed by atoms with E-state index in [4.69, 9.17) is 4.74 Å². The molecule has 1 aromatic heterocycles. The highest BCUT2D eigenvalue weighted by molar-refractivity contribution is 7.13. The summed E-state index contributed by atoms with van der Waals surface area (Å²) in [6, 6.07) is 7.39. The number of hydrogen-bond acceptors (Lipinski definition) is 5. The molecule has 0 unspecified atom stereocenters. The number of rotatable bonds is 6. The molecule has 1 amide bonds. The van der Waals surface area contributed by atoms with E-state index >= 15 is 0 Å². The minimum absolute atomic E-state index is 0.0644. The predicted molar refractivity (Wildman–Crippen MR) is 97.0 cm³/mol. The first-order valence-electron chi connectivity index (χ1n) is 8.42. The molecule has 0 spiro atoms. The molecule has 0 bridgehead atoms. The molecule has 1 aliphatic rings. The molecule has 2 aromatic rings. The minimum Gasteiger partial charge on any atom is -0.493 e. The van der Waals surface area contributed by atoms with Crippen LogP contribution in [0.15, 0.2) is 35.8 Å². The van der Waals surface area contributed by atoms with E-state index in [2.05, 4.69) is 15.2 Å². The Morgan fingerprint density at radius 1 is 1.46 bits per heavy atom. The molecule has 1 aliphatic heterocycles. The number of amides is 1. The normalized spacial score (nSPS) is 17.5. The van der Waals surface area contributed by atoms with Gasteiger partial charge in [-0.25, -0.2) is 4.98 Å². The zero-order chi connectivity index (χ0) is 16.8. The van der Waals surface area contributed by atoms with Gasteiger partial charge in [0.05, 0.1) is 12.2 Å². The average Bonchev–Trinajstić information content (AvgIpc) is 3.15. The van der Waals surface area contributed by atoms with Crippen molar-refractivity contribution in [3.05, 3.63) is 41.4 Å². The van der Waals surface area contributed by atoms with Crippen LogP contribution in [0.5, 0.6) is 5.75 Å². The number of carbonyl (C=O) groups is 1. The zero-order valence-corrected chi connectivity index (χ0v) is 14.7. The number of carbonyl (C=O) groups excluding carboxylic acids is 1. The van der Waals surface area contributed by atoms with E-state index in [1.165, 1.54) is 0 Å². The molecule has 6 heteroatoms. The molecule has 2 heterocycles. The second-order valence-electron chi connectivity index (χ2n) is 5.91. The van der Waals surface area contributed by atoms with Gasteiger partial charge in [0.1, 0.15) is 5.75 Å². The van der Waals surface area contributed by atoms with Gasteiger partial charge in [-0.05, 0) is 37.8 Å². The van der Waals surface area contributed by atoms with Gasteiger partial charge in [-0.15, -0.1) is 11.3 Å². The smallest absolute Gasteiger partial charge is 0.255 e. The van der Waals surface area contributed by atoms with Crippen molar-refractivity contribution in [2.75, 3.05) is 31.1 Å². The largest absolute Gasteiger partial charge is 0.493 e. The Kier molecular flexibility index (Phi) is 5.69. The van der Waals surface area contributed by atoms with Gasteiger partial charge in [-0.2, -0.15) is 0 Å². The van der Waals surface area contributed by atoms with Crippen molar-refractivity contribution in [3.8, 4) is 5.75 Å². The Labute approximate surface area is 146 Å². The number of nitrogens with one attached hydrogen (secondary N) is 1. The predicted octanol–water partition coefficient (Wildman–Crippen LogP) is 3.19. The molecule has 24 heavy (non-hydrogen) atoms. The average molecular weight is 345 g/mol. The summed E-state index contributed by atoms with van der Waals surface area (Å²) in [5.41, 5.74) is 0.604. The molecule has 0 aliphatic carbocycles. The molecule has 1 atom stereocenters. The summed E-state index contributed by atoms with van der Waals surface area (Å²) in [4.78, 5) is 19.2. The van der Waals surface area contributed by atoms with Crippen molar-refractivity contribution >= 4 is 22.4 Å². The molecular formula is C18H23N3O2S. The van der Waals surface area contributed by atoms with Crippen molar-refractivity contribution in [2.24, 2.45) is 5.92 Å². The number of ether oxygens (including phenoxy) is 1. The van der Waals surface area contributed by atoms with E-state index in [1.54, 1.807) is 11.3 Å². The summed E-state index contributed by atoms with van der Waals surface area (Å²) in [7, 11) is 0. The highest BCUT2D eigenvalue weighted by atomic mass is 32.1. The Balaban J connectivity index is 1.56. The number of thiazole rings is 1. The highest BCUT2D eigenvalue weighted by Gasteiger charge is 2.22. The number of para-hydroxylation sites is 1. The van der Waals surface area contributed by atoms with Gasteiger partial charge in [0.25, 0.3) is 5.91 Å². The number of hydrogen-bond donors (Lipinski definition) is 1. The van der Waals surface area contributed by atoms with Crippen LogP contribution < -0.4 is 15.0 Å². The molecule has 1 saturated heterocycles. The van der Waals surface area contributed by atoms with E-state index < -0.39 is 0 Å². The van der Waals surface area contributed by atoms with E-state index in [-0.39, 0.29) is 5.91 Å². The van der Waals surface area contributed by atoms with Crippen molar-refractivity contribution in [2.45, 2.75) is 19.8 Å². The Morgan fingerprint density at radius 2 is 2.33 bits per heavy atom. The lowest BCUT2D eigenvalue weighted by molar-refractivity contribution is 0.0942. The van der Waals surface area contributed by atoms with E-state index in [9.17, 15) is 4.79 Å². The third kappa shape index (κ3) is 4.06. The van der Waals surface area contributed by atoms with Crippen molar-refractivity contribution < 1.29 is 9.53 Å². The van der Waals surface area contributed by atoms with Crippen LogP contribution in [0.2, 0.25) is 0 Å². The van der Waals surface area contributed by atoms with Crippen LogP contribution in [0.3, 0.4) is 0 Å². The van der Waals surface area contributed by atoms with Gasteiger partial charge in [0.15, 0.2) is 5.13 Å². The van der Waals surface area contributed by atoms with Crippen molar-refractivity contribution in [1.82, 2.24) is 10.3 Å². The fourth-order valence-corrected chi connectivity index (χ4v) is 3.73. The first kappa shape index (κ1) is 16.8. The SMILES string of the molecule is CCOc1ccccc1C(=O)NC[C@H]1CCCN(c2nccs2)C1. The lowest BCUT2D eigenvalue weighted by Crippen LogP contribution is -2.41. The molecule has 0 saturated carbocycles. The molecule has 3 rings (SSSR count). The summed E-state index contributed by atoms with van der Waals surface area (Å²) in [6.45, 7) is 5.15. The number of aromatic nitrogens is 1. The first-order valence-corrected chi connectivity index (χ1v) is 9.30. The van der Waals surface area contributed by atoms with E-state index in [1.807, 2.05) is 42.8 Å². The van der Waals surface area contributed by atoms with Gasteiger partial charge in [0.2, 0.25) is 0 Å². The summed E-state index contributed by atoms with van der Waals surface area (Å²) in [5.74, 6) is 1.03. The van der Waals surface area contributed by atoms with E-state index in [0.717, 1.165) is 31.1 Å². The lowest BCUT2D eigenvalue weighted by atomic mass is 9.98. The van der Waals surface area contributed by atoms with Crippen LogP contribution in [0.25, 0.3) is 0 Å². The number of anilines is 1. The van der Waals surface area contributed by atoms with Gasteiger partial charge >= 0.3 is 0 Å². The Hall–Kier alpha value is -2.08. The standard InChI is InChI=1S/C18H23N3O2S/c1-2-23-16-8-4-3-7-15(16)17(22)20-12-14-6-5-10-21(13-14)18-19-9-11-24-18/h3-4,7-9,11,14H,2,5-6,10,12-13H2,1H3,(H,20,22)/t14-/m1/s1. The van der Waals surface area contributed by atoms with E-state index in [0.29, 0.717) is 30.4 Å². The van der Waals surface area contributed by atoms with Crippen LogP contribution in [-0.2, 0) is 0 Å². The molecule has 1 fully saturated rings. The monoisotopic (exact) mass is 345 g/mol. The zero-order valence-electron chi connectivity index (χ0n) is 13.9. The number of nitrogens with zero attached hydrogens (tertiary/aromatic N) is 2. The van der Waals surface area contributed by atoms with Gasteiger partial charge in [-0.1, -0.05) is 12.1 Å². The molecule has 128 valence electrons. The quantitative estimate of drug-likeness (QED) is 0.874. The topological polar surface area (TPSA) is 54.5 Å². The van der Waals surface area contributed by atoms with Gasteiger partial charge < -0.3 is 15.0 Å². The molecule has 1 N–H and O–H groups in total. The summed E-state index contributed by atoms with van der Waals surface area (Å²) < 4.78 is 5.54. The lowest BCUT2D eigenvalue weighted by Gasteiger charge is -2.32. The van der Waals surface area contributed by atoms with Crippen LogP contribution in [-0.4, -0.2) is 37.1 Å². The number of piperidine rings is 1. The Bertz CT molecular complexity index is 660. The van der Waals surface area contributed by atoms with Gasteiger partial charge in [-0.3, -0.25) is 4.79 Å². The second kappa shape index (κ2) is 8.15. The third-order valence-electron chi connectivity index (χ3n) is 4.19. The second-order valence-corrected chi connectivity index (χ2v) is 6.78. The maximum Gasteiger partial charge on any atom is 0.255 e. The maximum atomic E-state index is 12.5. The first-order chi connectivity index (χ1) is 11.8. The molecular weight excluding hydrogens is 322 g/mol. The number of benzene rings is 1. The van der Waals surface area contributed by atoms with Crippen LogP contribution >= 0.6 is 11.3 Å². The highest BCUT2D eigenvalue weighted by Crippen LogP contribution is 2.24. The summed E-state index contributed by atoms with van der Waals surface area (Å²) in [6.07, 6.45) is 4.11. The van der Waals surface area contributed by atoms with Crippen LogP contribution in [0.4, 0.5) is 5.13 Å². The third-order valence-corrected chi connectivity index (χ3v) is 5.02. The summed E-state index contributed by atoms with van der Waals surface area (Å²) in [5, 5.41) is 6.15. The summed E-state index contributed by atoms with van der Waals surface area (Å²) >= 11 is 1.67. The fourth-order valence-electron chi connectivity index (χ4n) is 3.05. The maximum absolute atomic E-state index is 12.5. The van der Waals surface area contributed by atoms with Gasteiger partial charge in [0, 0.05) is 31.2 Å². The minimum atomic E-state index is -0.0644.